The molecule has 0 atom stereocenters. The summed E-state index contributed by atoms with van der Waals surface area (Å²) in [6.07, 6.45) is 1.48. The summed E-state index contributed by atoms with van der Waals surface area (Å²) in [5.41, 5.74) is 0.746. The lowest BCUT2D eigenvalue weighted by molar-refractivity contribution is -0.384. The van der Waals surface area contributed by atoms with E-state index in [0.29, 0.717) is 22.5 Å². The highest BCUT2D eigenvalue weighted by atomic mass is 35.5. The maximum atomic E-state index is 12.4. The number of nitro benzene ring substituents is 1. The first-order chi connectivity index (χ1) is 15.4. The van der Waals surface area contributed by atoms with Crippen LogP contribution in [0.3, 0.4) is 0 Å². The van der Waals surface area contributed by atoms with E-state index in [-0.39, 0.29) is 27.6 Å². The second-order valence-electron chi connectivity index (χ2n) is 6.64. The fourth-order valence-electron chi connectivity index (χ4n) is 3.02. The van der Waals surface area contributed by atoms with Crippen LogP contribution in [0.2, 0.25) is 0 Å². The molecule has 160 valence electrons. The van der Waals surface area contributed by atoms with Crippen molar-refractivity contribution in [2.75, 3.05) is 7.11 Å². The van der Waals surface area contributed by atoms with Crippen molar-refractivity contribution in [1.82, 2.24) is 9.97 Å². The number of hydrogen-bond acceptors (Lipinski definition) is 7. The van der Waals surface area contributed by atoms with E-state index in [2.05, 4.69) is 9.97 Å². The highest BCUT2D eigenvalue weighted by Crippen LogP contribution is 2.27. The summed E-state index contributed by atoms with van der Waals surface area (Å²) in [6, 6.07) is 13.7. The number of non-ortho nitro benzene ring substituents is 1. The Morgan fingerprint density at radius 2 is 1.94 bits per heavy atom. The number of ether oxygens (including phenoxy) is 1. The second-order valence-corrected chi connectivity index (χ2v) is 7.04. The van der Waals surface area contributed by atoms with Gasteiger partial charge in [-0.3, -0.25) is 14.9 Å². The molecule has 32 heavy (non-hydrogen) atoms. The van der Waals surface area contributed by atoms with Crippen LogP contribution in [0.5, 0.6) is 0 Å². The zero-order chi connectivity index (χ0) is 22.8. The predicted octanol–water partition coefficient (Wildman–Crippen LogP) is 4.61. The molecule has 0 bridgehead atoms. The van der Waals surface area contributed by atoms with E-state index in [1.807, 2.05) is 0 Å². The molecule has 0 spiro atoms. The molecule has 0 radical (unpaired) electrons. The number of halogens is 1. The van der Waals surface area contributed by atoms with Gasteiger partial charge in [0.05, 0.1) is 33.5 Å². The molecule has 0 saturated heterocycles. The van der Waals surface area contributed by atoms with Gasteiger partial charge in [0.15, 0.2) is 5.82 Å². The molecule has 0 fully saturated rings. The smallest absolute Gasteiger partial charge is 0.337 e. The molecule has 4 rings (SSSR count). The summed E-state index contributed by atoms with van der Waals surface area (Å²) in [5.74, 6) is 0.415. The summed E-state index contributed by atoms with van der Waals surface area (Å²) >= 11 is 6.36. The lowest BCUT2D eigenvalue weighted by Gasteiger charge is -2.04. The highest BCUT2D eigenvalue weighted by Gasteiger charge is 2.12. The minimum Gasteiger partial charge on any atom is -0.465 e. The Balaban J connectivity index is 1.66. The molecular weight excluding hydrogens is 438 g/mol. The van der Waals surface area contributed by atoms with Crippen LogP contribution in [-0.4, -0.2) is 28.0 Å². The van der Waals surface area contributed by atoms with Crippen LogP contribution in [0.25, 0.3) is 33.3 Å². The van der Waals surface area contributed by atoms with Crippen LogP contribution in [0.1, 0.15) is 21.9 Å². The number of nitro groups is 1. The number of aromatic nitrogens is 2. The molecule has 4 aromatic rings. The molecule has 9 nitrogen and oxygen atoms in total. The first kappa shape index (κ1) is 21.0. The number of esters is 1. The number of hydrogen-bond donors (Lipinski definition) is 1. The molecule has 0 unspecified atom stereocenters. The number of furan rings is 1. The number of nitrogens with zero attached hydrogens (tertiary/aromatic N) is 2. The van der Waals surface area contributed by atoms with E-state index in [0.717, 1.165) is 0 Å². The Bertz CT molecular complexity index is 1440. The zero-order valence-corrected chi connectivity index (χ0v) is 17.3. The lowest BCUT2D eigenvalue weighted by atomic mass is 10.1. The SMILES string of the molecule is COC(=O)c1ccc2c(=O)[nH]c(/C(Cl)=C/c3ccc(-c4ccc([N+](=O)[O-])cc4)o3)nc2c1. The van der Waals surface area contributed by atoms with Crippen LogP contribution < -0.4 is 5.56 Å². The highest BCUT2D eigenvalue weighted by molar-refractivity contribution is 6.50. The van der Waals surface area contributed by atoms with Crippen LogP contribution in [-0.2, 0) is 4.74 Å². The summed E-state index contributed by atoms with van der Waals surface area (Å²) in [7, 11) is 1.26. The van der Waals surface area contributed by atoms with E-state index in [9.17, 15) is 19.7 Å². The quantitative estimate of drug-likeness (QED) is 0.266. The Kier molecular flexibility index (Phi) is 5.57. The van der Waals surface area contributed by atoms with Crippen molar-refractivity contribution in [2.45, 2.75) is 0 Å². The molecule has 2 heterocycles. The molecule has 1 N–H and O–H groups in total. The monoisotopic (exact) mass is 451 g/mol. The van der Waals surface area contributed by atoms with Crippen molar-refractivity contribution in [3.8, 4) is 11.3 Å². The number of fused-ring (bicyclic) bond motifs is 1. The molecule has 10 heteroatoms. The summed E-state index contributed by atoms with van der Waals surface area (Å²) in [4.78, 5) is 41.4. The Morgan fingerprint density at radius 1 is 1.19 bits per heavy atom. The Morgan fingerprint density at radius 3 is 2.62 bits per heavy atom. The number of aromatic amines is 1. The van der Waals surface area contributed by atoms with E-state index in [4.69, 9.17) is 20.8 Å². The van der Waals surface area contributed by atoms with Crippen LogP contribution in [0.15, 0.2) is 63.8 Å². The molecule has 0 aliphatic heterocycles. The van der Waals surface area contributed by atoms with Gasteiger partial charge in [0.25, 0.3) is 11.2 Å². The zero-order valence-electron chi connectivity index (χ0n) is 16.5. The lowest BCUT2D eigenvalue weighted by Crippen LogP contribution is -2.11. The molecule has 2 aromatic heterocycles. The molecular formula is C22H14ClN3O6. The number of carbonyl (C=O) groups is 1. The number of rotatable bonds is 5. The van der Waals surface area contributed by atoms with Crippen LogP contribution >= 0.6 is 11.6 Å². The summed E-state index contributed by atoms with van der Waals surface area (Å²) in [6.45, 7) is 0. The van der Waals surface area contributed by atoms with E-state index in [1.54, 1.807) is 24.3 Å². The van der Waals surface area contributed by atoms with E-state index >= 15 is 0 Å². The molecule has 0 amide bonds. The van der Waals surface area contributed by atoms with Crippen molar-refractivity contribution in [3.63, 3.8) is 0 Å². The number of benzene rings is 2. The van der Waals surface area contributed by atoms with Gasteiger partial charge in [-0.25, -0.2) is 9.78 Å². The van der Waals surface area contributed by atoms with Crippen LogP contribution in [0.4, 0.5) is 5.69 Å². The largest absolute Gasteiger partial charge is 0.465 e. The minimum absolute atomic E-state index is 0.0230. The third kappa shape index (κ3) is 4.14. The third-order valence-electron chi connectivity index (χ3n) is 4.61. The van der Waals surface area contributed by atoms with Gasteiger partial charge in [-0.05, 0) is 42.5 Å². The van der Waals surface area contributed by atoms with Crippen molar-refractivity contribution in [2.24, 2.45) is 0 Å². The molecule has 0 saturated carbocycles. The Labute approximate surface area is 185 Å². The summed E-state index contributed by atoms with van der Waals surface area (Å²) in [5, 5.41) is 11.2. The molecule has 0 aliphatic rings. The van der Waals surface area contributed by atoms with Crippen LogP contribution in [0, 0.1) is 10.1 Å². The first-order valence-electron chi connectivity index (χ1n) is 9.20. The topological polar surface area (TPSA) is 128 Å². The van der Waals surface area contributed by atoms with Gasteiger partial charge in [-0.15, -0.1) is 0 Å². The van der Waals surface area contributed by atoms with Gasteiger partial charge >= 0.3 is 5.97 Å². The van der Waals surface area contributed by atoms with Crippen molar-refractivity contribution >= 4 is 45.3 Å². The maximum Gasteiger partial charge on any atom is 0.337 e. The fraction of sp³-hybridized carbons (Fsp3) is 0.0455. The average molecular weight is 452 g/mol. The van der Waals surface area contributed by atoms with Gasteiger partial charge in [-0.2, -0.15) is 0 Å². The average Bonchev–Trinajstić information content (AvgIpc) is 3.26. The fourth-order valence-corrected chi connectivity index (χ4v) is 3.22. The Hall–Kier alpha value is -4.24. The van der Waals surface area contributed by atoms with Gasteiger partial charge < -0.3 is 14.1 Å². The van der Waals surface area contributed by atoms with E-state index in [1.165, 1.54) is 43.5 Å². The predicted molar refractivity (Wildman–Crippen MR) is 118 cm³/mol. The molecule has 2 aromatic carbocycles. The third-order valence-corrected chi connectivity index (χ3v) is 4.90. The number of H-pyrrole nitrogens is 1. The number of nitrogens with one attached hydrogen (secondary N) is 1. The standard InChI is InChI=1S/C22H14ClN3O6/c1-31-22(28)13-4-8-16-18(10-13)24-20(25-21(16)27)17(23)11-15-7-9-19(32-15)12-2-5-14(6-3-12)26(29)30/h2-11H,1H3,(H,24,25,27)/b17-11-. The van der Waals surface area contributed by atoms with Gasteiger partial charge in [0, 0.05) is 23.8 Å². The van der Waals surface area contributed by atoms with Crippen molar-refractivity contribution < 1.29 is 18.9 Å². The van der Waals surface area contributed by atoms with Crippen molar-refractivity contribution in [1.29, 1.82) is 0 Å². The first-order valence-corrected chi connectivity index (χ1v) is 9.58. The minimum atomic E-state index is -0.550. The maximum absolute atomic E-state index is 12.4. The summed E-state index contributed by atoms with van der Waals surface area (Å²) < 4.78 is 10.4. The van der Waals surface area contributed by atoms with Crippen molar-refractivity contribution in [3.05, 3.63) is 92.2 Å². The van der Waals surface area contributed by atoms with Gasteiger partial charge in [0.1, 0.15) is 11.5 Å². The van der Waals surface area contributed by atoms with E-state index < -0.39 is 16.5 Å². The number of carbonyl (C=O) groups excluding carboxylic acids is 1. The van der Waals surface area contributed by atoms with Gasteiger partial charge in [0.2, 0.25) is 0 Å². The van der Waals surface area contributed by atoms with Gasteiger partial charge in [-0.1, -0.05) is 11.6 Å². The second kappa shape index (κ2) is 8.48. The molecule has 0 aliphatic carbocycles. The normalized spacial score (nSPS) is 11.5. The number of methoxy groups -OCH3 is 1.